The number of hydrogen-bond donors (Lipinski definition) is 1. The number of hydrogen-bond acceptors (Lipinski definition) is 2. The van der Waals surface area contributed by atoms with Crippen molar-refractivity contribution in [3.8, 4) is 0 Å². The van der Waals surface area contributed by atoms with Gasteiger partial charge >= 0.3 is 5.97 Å². The first-order chi connectivity index (χ1) is 15.1. The van der Waals surface area contributed by atoms with E-state index in [0.29, 0.717) is 12.8 Å². The molecule has 0 aliphatic carbocycles. The number of amides is 1. The molecule has 1 N–H and O–H groups in total. The Morgan fingerprint density at radius 2 is 1.48 bits per heavy atom. The first-order valence-corrected chi connectivity index (χ1v) is 12.4. The summed E-state index contributed by atoms with van der Waals surface area (Å²) >= 11 is 0. The smallest absolute Gasteiger partial charge is 0.327 e. The summed E-state index contributed by atoms with van der Waals surface area (Å²) < 4.78 is 0. The van der Waals surface area contributed by atoms with Crippen LogP contribution in [0.4, 0.5) is 5.69 Å². The number of allylic oxidation sites excluding steroid dienone is 2. The lowest BCUT2D eigenvalue weighted by atomic mass is 10.1. The van der Waals surface area contributed by atoms with Crippen LogP contribution in [-0.4, -0.2) is 23.0 Å². The molecule has 172 valence electrons. The van der Waals surface area contributed by atoms with Crippen LogP contribution in [0.25, 0.3) is 0 Å². The van der Waals surface area contributed by atoms with E-state index in [1.54, 1.807) is 0 Å². The van der Waals surface area contributed by atoms with Gasteiger partial charge in [-0.15, -0.1) is 0 Å². The zero-order chi connectivity index (χ0) is 22.3. The molecule has 1 aromatic carbocycles. The number of unbranched alkanes of at least 4 members (excludes halogenated alkanes) is 11. The van der Waals surface area contributed by atoms with Crippen LogP contribution in [0.3, 0.4) is 0 Å². The molecular weight excluding hydrogens is 386 g/mol. The van der Waals surface area contributed by atoms with Gasteiger partial charge in [0.1, 0.15) is 6.04 Å². The second kappa shape index (κ2) is 14.8. The van der Waals surface area contributed by atoms with Crippen LogP contribution in [-0.2, 0) is 16.0 Å². The van der Waals surface area contributed by atoms with Gasteiger partial charge in [-0.1, -0.05) is 88.6 Å². The summed E-state index contributed by atoms with van der Waals surface area (Å²) in [6.45, 7) is 2.26. The first-order valence-electron chi connectivity index (χ1n) is 12.4. The highest BCUT2D eigenvalue weighted by Gasteiger charge is 2.37. The van der Waals surface area contributed by atoms with Gasteiger partial charge in [-0.05, 0) is 43.7 Å². The molecule has 2 rings (SSSR count). The minimum Gasteiger partial charge on any atom is -0.480 e. The molecule has 4 heteroatoms. The maximum atomic E-state index is 12.7. The predicted octanol–water partition coefficient (Wildman–Crippen LogP) is 7.07. The fourth-order valence-corrected chi connectivity index (χ4v) is 4.36. The van der Waals surface area contributed by atoms with Crippen molar-refractivity contribution < 1.29 is 14.7 Å². The molecule has 1 heterocycles. The molecule has 0 fully saturated rings. The van der Waals surface area contributed by atoms with Crippen LogP contribution >= 0.6 is 0 Å². The third-order valence-corrected chi connectivity index (χ3v) is 6.18. The van der Waals surface area contributed by atoms with E-state index in [2.05, 4.69) is 19.1 Å². The highest BCUT2D eigenvalue weighted by atomic mass is 16.4. The van der Waals surface area contributed by atoms with E-state index in [9.17, 15) is 14.7 Å². The molecule has 1 aliphatic heterocycles. The number of benzene rings is 1. The molecule has 0 radical (unpaired) electrons. The number of para-hydroxylation sites is 1. The predicted molar refractivity (Wildman–Crippen MR) is 129 cm³/mol. The monoisotopic (exact) mass is 427 g/mol. The SMILES string of the molecule is CCCCCCCC/C=C\CCCCCCCC(=O)N1c2ccccc2C[C@H]1C(=O)O. The topological polar surface area (TPSA) is 57.6 Å². The Balaban J connectivity index is 1.52. The lowest BCUT2D eigenvalue weighted by molar-refractivity contribution is -0.139. The highest BCUT2D eigenvalue weighted by molar-refractivity contribution is 6.01. The standard InChI is InChI=1S/C27H41NO3/c1-2-3-4-5-6-7-8-9-10-11-12-13-14-15-16-21-26(29)28-24-20-18-17-19-23(24)22-25(28)27(30)31/h9-10,17-20,25H,2-8,11-16,21-22H2,1H3,(H,30,31)/b10-9-/t25-/m0/s1. The van der Waals surface area contributed by atoms with Gasteiger partial charge in [-0.25, -0.2) is 4.79 Å². The quantitative estimate of drug-likeness (QED) is 0.227. The molecule has 0 unspecified atom stereocenters. The van der Waals surface area contributed by atoms with Crippen LogP contribution in [0.15, 0.2) is 36.4 Å². The van der Waals surface area contributed by atoms with Crippen LogP contribution in [0.2, 0.25) is 0 Å². The zero-order valence-corrected chi connectivity index (χ0v) is 19.4. The molecular formula is C27H41NO3. The molecule has 4 nitrogen and oxygen atoms in total. The average molecular weight is 428 g/mol. The largest absolute Gasteiger partial charge is 0.480 e. The second-order valence-electron chi connectivity index (χ2n) is 8.78. The van der Waals surface area contributed by atoms with Crippen molar-refractivity contribution in [1.29, 1.82) is 0 Å². The van der Waals surface area contributed by atoms with E-state index in [0.717, 1.165) is 36.9 Å². The van der Waals surface area contributed by atoms with Crippen molar-refractivity contribution in [2.24, 2.45) is 0 Å². The Kier molecular flexibility index (Phi) is 12.0. The van der Waals surface area contributed by atoms with Gasteiger partial charge < -0.3 is 5.11 Å². The molecule has 1 aromatic rings. The van der Waals surface area contributed by atoms with Gasteiger partial charge in [0.15, 0.2) is 0 Å². The lowest BCUT2D eigenvalue weighted by Crippen LogP contribution is -2.42. The Hall–Kier alpha value is -2.10. The number of carboxylic acid groups (broad SMARTS) is 1. The highest BCUT2D eigenvalue weighted by Crippen LogP contribution is 2.33. The number of carbonyl (C=O) groups is 2. The Labute approximate surface area is 188 Å². The van der Waals surface area contributed by atoms with Crippen molar-refractivity contribution >= 4 is 17.6 Å². The van der Waals surface area contributed by atoms with E-state index >= 15 is 0 Å². The molecule has 1 amide bonds. The van der Waals surface area contributed by atoms with Crippen molar-refractivity contribution in [3.05, 3.63) is 42.0 Å². The summed E-state index contributed by atoms with van der Waals surface area (Å²) in [4.78, 5) is 25.8. The molecule has 0 spiro atoms. The third-order valence-electron chi connectivity index (χ3n) is 6.18. The molecule has 0 bridgehead atoms. The maximum absolute atomic E-state index is 12.7. The fourth-order valence-electron chi connectivity index (χ4n) is 4.36. The Morgan fingerprint density at radius 1 is 0.903 bits per heavy atom. The van der Waals surface area contributed by atoms with E-state index in [1.807, 2.05) is 24.3 Å². The Morgan fingerprint density at radius 3 is 2.13 bits per heavy atom. The van der Waals surface area contributed by atoms with Crippen molar-refractivity contribution in [3.63, 3.8) is 0 Å². The van der Waals surface area contributed by atoms with Crippen LogP contribution < -0.4 is 4.90 Å². The number of nitrogens with zero attached hydrogens (tertiary/aromatic N) is 1. The fraction of sp³-hybridized carbons (Fsp3) is 0.630. The summed E-state index contributed by atoms with van der Waals surface area (Å²) in [6, 6.07) is 6.78. The summed E-state index contributed by atoms with van der Waals surface area (Å²) in [5, 5.41) is 9.51. The van der Waals surface area contributed by atoms with Crippen molar-refractivity contribution in [1.82, 2.24) is 0 Å². The zero-order valence-electron chi connectivity index (χ0n) is 19.4. The van der Waals surface area contributed by atoms with Gasteiger partial charge in [-0.3, -0.25) is 9.69 Å². The van der Waals surface area contributed by atoms with Gasteiger partial charge in [0, 0.05) is 18.5 Å². The van der Waals surface area contributed by atoms with Gasteiger partial charge in [-0.2, -0.15) is 0 Å². The van der Waals surface area contributed by atoms with Gasteiger partial charge in [0.25, 0.3) is 0 Å². The van der Waals surface area contributed by atoms with E-state index in [1.165, 1.54) is 62.7 Å². The minimum atomic E-state index is -0.922. The number of carbonyl (C=O) groups excluding carboxylic acids is 1. The summed E-state index contributed by atoms with van der Waals surface area (Å²) in [6.07, 6.45) is 21.4. The van der Waals surface area contributed by atoms with Crippen LogP contribution in [0.5, 0.6) is 0 Å². The van der Waals surface area contributed by atoms with Crippen LogP contribution in [0, 0.1) is 0 Å². The van der Waals surface area contributed by atoms with Crippen molar-refractivity contribution in [2.45, 2.75) is 109 Å². The number of carboxylic acids is 1. The molecule has 0 saturated carbocycles. The molecule has 31 heavy (non-hydrogen) atoms. The molecule has 0 aromatic heterocycles. The second-order valence-corrected chi connectivity index (χ2v) is 8.78. The third kappa shape index (κ3) is 8.88. The number of anilines is 1. The van der Waals surface area contributed by atoms with Crippen molar-refractivity contribution in [2.75, 3.05) is 4.90 Å². The van der Waals surface area contributed by atoms with E-state index < -0.39 is 12.0 Å². The summed E-state index contributed by atoms with van der Waals surface area (Å²) in [5.74, 6) is -0.982. The van der Waals surface area contributed by atoms with Crippen LogP contribution in [0.1, 0.15) is 102 Å². The lowest BCUT2D eigenvalue weighted by Gasteiger charge is -2.22. The average Bonchev–Trinajstić information content (AvgIpc) is 3.16. The maximum Gasteiger partial charge on any atom is 0.327 e. The van der Waals surface area contributed by atoms with Gasteiger partial charge in [0.2, 0.25) is 5.91 Å². The number of rotatable bonds is 16. The minimum absolute atomic E-state index is 0.0602. The summed E-state index contributed by atoms with van der Waals surface area (Å²) in [5.41, 5.74) is 1.72. The Bertz CT molecular complexity index is 697. The van der Waals surface area contributed by atoms with Gasteiger partial charge in [0.05, 0.1) is 0 Å². The molecule has 0 saturated heterocycles. The summed E-state index contributed by atoms with van der Waals surface area (Å²) in [7, 11) is 0. The molecule has 1 aliphatic rings. The normalized spacial score (nSPS) is 15.5. The number of fused-ring (bicyclic) bond motifs is 1. The first kappa shape index (κ1) is 25.2. The van der Waals surface area contributed by atoms with E-state index in [-0.39, 0.29) is 5.91 Å². The number of aliphatic carboxylic acids is 1. The van der Waals surface area contributed by atoms with E-state index in [4.69, 9.17) is 0 Å². The molecule has 1 atom stereocenters.